The lowest BCUT2D eigenvalue weighted by molar-refractivity contribution is 1.69. The second kappa shape index (κ2) is 5.06. The van der Waals surface area contributed by atoms with Gasteiger partial charge in [0.25, 0.3) is 0 Å². The van der Waals surface area contributed by atoms with Gasteiger partial charge in [-0.2, -0.15) is 0 Å². The number of benzene rings is 5. The predicted molar refractivity (Wildman–Crippen MR) is 111 cm³/mol. The minimum Gasteiger partial charge on any atom is -0.0616 e. The lowest BCUT2D eigenvalue weighted by atomic mass is 9.91. The fraction of sp³-hybridized carbons (Fsp3) is 0. The zero-order chi connectivity index (χ0) is 17.1. The van der Waals surface area contributed by atoms with Crippen molar-refractivity contribution in [2.45, 2.75) is 0 Å². The van der Waals surface area contributed by atoms with Crippen LogP contribution in [0, 0.1) is 0 Å². The van der Waals surface area contributed by atoms with Crippen molar-refractivity contribution in [1.29, 1.82) is 0 Å². The van der Waals surface area contributed by atoms with E-state index in [-0.39, 0.29) is 0 Å². The molecule has 5 aromatic rings. The summed E-state index contributed by atoms with van der Waals surface area (Å²) in [5, 5.41) is 5.33. The average Bonchev–Trinajstić information content (AvgIpc) is 3.04. The summed E-state index contributed by atoms with van der Waals surface area (Å²) in [6.45, 7) is 0. The SMILES string of the molecule is c1ccc2c(c1)-c1cccc3c(-c4cccc5ccccc45)ccc-2c13. The Hall–Kier alpha value is -3.38. The first kappa shape index (κ1) is 13.9. The van der Waals surface area contributed by atoms with Crippen LogP contribution in [0.3, 0.4) is 0 Å². The highest BCUT2D eigenvalue weighted by molar-refractivity contribution is 6.19. The molecular weight excluding hydrogens is 312 g/mol. The van der Waals surface area contributed by atoms with Gasteiger partial charge < -0.3 is 0 Å². The van der Waals surface area contributed by atoms with Crippen LogP contribution in [0.1, 0.15) is 0 Å². The van der Waals surface area contributed by atoms with Gasteiger partial charge in [-0.25, -0.2) is 0 Å². The molecule has 0 aromatic heterocycles. The van der Waals surface area contributed by atoms with Crippen LogP contribution >= 0.6 is 0 Å². The van der Waals surface area contributed by atoms with Crippen LogP contribution in [0.5, 0.6) is 0 Å². The van der Waals surface area contributed by atoms with Crippen molar-refractivity contribution in [3.63, 3.8) is 0 Å². The van der Waals surface area contributed by atoms with Crippen LogP contribution < -0.4 is 0 Å². The zero-order valence-electron chi connectivity index (χ0n) is 14.2. The fourth-order valence-electron chi connectivity index (χ4n) is 4.50. The van der Waals surface area contributed by atoms with Crippen molar-refractivity contribution < 1.29 is 0 Å². The molecule has 0 amide bonds. The number of hydrogen-bond donors (Lipinski definition) is 0. The molecular formula is C26H16. The van der Waals surface area contributed by atoms with E-state index in [9.17, 15) is 0 Å². The Morgan fingerprint density at radius 3 is 1.69 bits per heavy atom. The van der Waals surface area contributed by atoms with E-state index in [0.29, 0.717) is 0 Å². The maximum atomic E-state index is 2.30. The molecule has 0 aliphatic heterocycles. The number of rotatable bonds is 1. The Morgan fingerprint density at radius 2 is 0.808 bits per heavy atom. The molecule has 120 valence electrons. The minimum atomic E-state index is 1.29. The van der Waals surface area contributed by atoms with Crippen molar-refractivity contribution in [3.8, 4) is 33.4 Å². The molecule has 0 heteroatoms. The molecule has 1 aliphatic carbocycles. The molecule has 26 heavy (non-hydrogen) atoms. The highest BCUT2D eigenvalue weighted by Crippen LogP contribution is 2.49. The second-order valence-corrected chi connectivity index (χ2v) is 6.96. The van der Waals surface area contributed by atoms with E-state index in [0.717, 1.165) is 0 Å². The Labute approximate surface area is 152 Å². The molecule has 0 fully saturated rings. The molecule has 0 saturated carbocycles. The van der Waals surface area contributed by atoms with Crippen LogP contribution in [-0.2, 0) is 0 Å². The third-order valence-corrected chi connectivity index (χ3v) is 5.63. The van der Waals surface area contributed by atoms with Gasteiger partial charge in [0.05, 0.1) is 0 Å². The smallest absolute Gasteiger partial charge is 0.00201 e. The van der Waals surface area contributed by atoms with Gasteiger partial charge in [0.2, 0.25) is 0 Å². The molecule has 0 nitrogen and oxygen atoms in total. The normalized spacial score (nSPS) is 11.8. The van der Waals surface area contributed by atoms with Gasteiger partial charge in [0, 0.05) is 0 Å². The van der Waals surface area contributed by atoms with Crippen LogP contribution in [0.15, 0.2) is 97.1 Å². The summed E-state index contributed by atoms with van der Waals surface area (Å²) in [5.74, 6) is 0. The highest BCUT2D eigenvalue weighted by atomic mass is 14.2. The van der Waals surface area contributed by atoms with Gasteiger partial charge in [-0.05, 0) is 54.9 Å². The summed E-state index contributed by atoms with van der Waals surface area (Å²) in [6.07, 6.45) is 0. The quantitative estimate of drug-likeness (QED) is 0.297. The van der Waals surface area contributed by atoms with E-state index in [4.69, 9.17) is 0 Å². The van der Waals surface area contributed by atoms with E-state index < -0.39 is 0 Å². The first-order chi connectivity index (χ1) is 12.9. The van der Waals surface area contributed by atoms with Gasteiger partial charge in [0.15, 0.2) is 0 Å². The molecule has 5 aromatic carbocycles. The Kier molecular flexibility index (Phi) is 2.70. The first-order valence-corrected chi connectivity index (χ1v) is 9.05. The highest BCUT2D eigenvalue weighted by Gasteiger charge is 2.22. The molecule has 0 saturated heterocycles. The molecule has 0 N–H and O–H groups in total. The van der Waals surface area contributed by atoms with Crippen LogP contribution in [0.25, 0.3) is 54.9 Å². The molecule has 1 aliphatic rings. The Bertz CT molecular complexity index is 1290. The molecule has 6 rings (SSSR count). The molecule has 0 atom stereocenters. The van der Waals surface area contributed by atoms with E-state index in [1.807, 2.05) is 0 Å². The van der Waals surface area contributed by atoms with Gasteiger partial charge >= 0.3 is 0 Å². The summed E-state index contributed by atoms with van der Waals surface area (Å²) in [5.41, 5.74) is 8.04. The molecule has 0 bridgehead atoms. The number of fused-ring (bicyclic) bond motifs is 4. The van der Waals surface area contributed by atoms with Crippen molar-refractivity contribution in [1.82, 2.24) is 0 Å². The monoisotopic (exact) mass is 328 g/mol. The first-order valence-electron chi connectivity index (χ1n) is 9.05. The van der Waals surface area contributed by atoms with Crippen molar-refractivity contribution in [2.24, 2.45) is 0 Å². The van der Waals surface area contributed by atoms with Gasteiger partial charge in [0.1, 0.15) is 0 Å². The maximum absolute atomic E-state index is 2.30. The summed E-state index contributed by atoms with van der Waals surface area (Å²) >= 11 is 0. The average molecular weight is 328 g/mol. The molecule has 0 radical (unpaired) electrons. The molecule has 0 spiro atoms. The topological polar surface area (TPSA) is 0 Å². The fourth-order valence-corrected chi connectivity index (χ4v) is 4.50. The molecule has 0 unspecified atom stereocenters. The third kappa shape index (κ3) is 1.74. The van der Waals surface area contributed by atoms with Crippen molar-refractivity contribution in [2.75, 3.05) is 0 Å². The third-order valence-electron chi connectivity index (χ3n) is 5.63. The van der Waals surface area contributed by atoms with Crippen LogP contribution in [-0.4, -0.2) is 0 Å². The van der Waals surface area contributed by atoms with Crippen molar-refractivity contribution in [3.05, 3.63) is 97.1 Å². The maximum Gasteiger partial charge on any atom is -0.00201 e. The summed E-state index contributed by atoms with van der Waals surface area (Å²) in [7, 11) is 0. The predicted octanol–water partition coefficient (Wildman–Crippen LogP) is 7.31. The lowest BCUT2D eigenvalue weighted by Crippen LogP contribution is -1.85. The van der Waals surface area contributed by atoms with Gasteiger partial charge in [-0.15, -0.1) is 0 Å². The van der Waals surface area contributed by atoms with E-state index in [2.05, 4.69) is 97.1 Å². The summed E-state index contributed by atoms with van der Waals surface area (Å²) < 4.78 is 0. The summed E-state index contributed by atoms with van der Waals surface area (Å²) in [6, 6.07) is 35.3. The second-order valence-electron chi connectivity index (χ2n) is 6.96. The van der Waals surface area contributed by atoms with Gasteiger partial charge in [-0.3, -0.25) is 0 Å². The lowest BCUT2D eigenvalue weighted by Gasteiger charge is -2.12. The van der Waals surface area contributed by atoms with Crippen molar-refractivity contribution >= 4 is 21.5 Å². The number of hydrogen-bond acceptors (Lipinski definition) is 0. The van der Waals surface area contributed by atoms with E-state index >= 15 is 0 Å². The van der Waals surface area contributed by atoms with E-state index in [1.54, 1.807) is 0 Å². The Balaban J connectivity index is 1.75. The standard InChI is InChI=1S/C26H16/c1-2-9-18-17(7-1)8-5-12-19(18)22-15-16-25-21-11-4-3-10-20(21)23-13-6-14-24(22)26(23)25/h1-16H. The Morgan fingerprint density at radius 1 is 0.308 bits per heavy atom. The largest absolute Gasteiger partial charge is 0.0616 e. The summed E-state index contributed by atoms with van der Waals surface area (Å²) in [4.78, 5) is 0. The zero-order valence-corrected chi connectivity index (χ0v) is 14.2. The van der Waals surface area contributed by atoms with Gasteiger partial charge in [-0.1, -0.05) is 97.1 Å². The van der Waals surface area contributed by atoms with E-state index in [1.165, 1.54) is 54.9 Å². The van der Waals surface area contributed by atoms with Crippen LogP contribution in [0.2, 0.25) is 0 Å². The van der Waals surface area contributed by atoms with Crippen LogP contribution in [0.4, 0.5) is 0 Å². The minimum absolute atomic E-state index is 1.29. The molecule has 0 heterocycles.